The number of carboxylic acid groups (broad SMARTS) is 1. The summed E-state index contributed by atoms with van der Waals surface area (Å²) in [5, 5.41) is 16.5. The molecule has 20 heavy (non-hydrogen) atoms. The summed E-state index contributed by atoms with van der Waals surface area (Å²) < 4.78 is 19.4. The number of hydrogen-bond acceptors (Lipinski definition) is 5. The minimum absolute atomic E-state index is 0.119. The minimum atomic E-state index is -1.15. The van der Waals surface area contributed by atoms with Crippen molar-refractivity contribution in [1.82, 2.24) is 20.0 Å². The molecule has 0 aromatic carbocycles. The van der Waals surface area contributed by atoms with Crippen molar-refractivity contribution in [3.8, 4) is 0 Å². The van der Waals surface area contributed by atoms with Gasteiger partial charge < -0.3 is 9.84 Å². The number of hydrogen-bond donors (Lipinski definition) is 1. The van der Waals surface area contributed by atoms with E-state index in [-0.39, 0.29) is 12.2 Å². The number of aromatic nitrogens is 4. The predicted molar refractivity (Wildman–Crippen MR) is 65.9 cm³/mol. The van der Waals surface area contributed by atoms with E-state index in [2.05, 4.69) is 15.3 Å². The van der Waals surface area contributed by atoms with Crippen molar-refractivity contribution < 1.29 is 19.0 Å². The lowest BCUT2D eigenvalue weighted by Crippen LogP contribution is -2.12. The maximum atomic E-state index is 13.1. The van der Waals surface area contributed by atoms with Gasteiger partial charge in [0.05, 0.1) is 25.0 Å². The van der Waals surface area contributed by atoms with Gasteiger partial charge in [0, 0.05) is 19.7 Å². The van der Waals surface area contributed by atoms with Crippen LogP contribution in [0.15, 0.2) is 18.5 Å². The van der Waals surface area contributed by atoms with E-state index in [0.717, 1.165) is 6.20 Å². The first-order valence-corrected chi connectivity index (χ1v) is 5.86. The normalized spacial score (nSPS) is 10.7. The first-order chi connectivity index (χ1) is 9.61. The van der Waals surface area contributed by atoms with Crippen LogP contribution in [0.25, 0.3) is 0 Å². The fraction of sp³-hybridized carbons (Fsp3) is 0.333. The van der Waals surface area contributed by atoms with E-state index < -0.39 is 11.8 Å². The SMILES string of the molecule is COCCc1c(C(=O)O)nnn1Cc1cncc(F)c1. The second-order valence-corrected chi connectivity index (χ2v) is 4.10. The Bertz CT molecular complexity index is 614. The third-order valence-electron chi connectivity index (χ3n) is 2.68. The third-order valence-corrected chi connectivity index (χ3v) is 2.68. The molecule has 0 radical (unpaired) electrons. The molecule has 7 nitrogen and oxygen atoms in total. The summed E-state index contributed by atoms with van der Waals surface area (Å²) in [6.45, 7) is 0.541. The van der Waals surface area contributed by atoms with Crippen LogP contribution < -0.4 is 0 Å². The van der Waals surface area contributed by atoms with Gasteiger partial charge >= 0.3 is 5.97 Å². The molecule has 0 saturated heterocycles. The molecule has 0 amide bonds. The summed E-state index contributed by atoms with van der Waals surface area (Å²) >= 11 is 0. The first-order valence-electron chi connectivity index (χ1n) is 5.86. The summed E-state index contributed by atoms with van der Waals surface area (Å²) in [4.78, 5) is 14.8. The molecule has 0 aliphatic carbocycles. The lowest BCUT2D eigenvalue weighted by atomic mass is 10.2. The molecule has 106 valence electrons. The van der Waals surface area contributed by atoms with Crippen LogP contribution >= 0.6 is 0 Å². The van der Waals surface area contributed by atoms with Crippen LogP contribution in [0.2, 0.25) is 0 Å². The molecule has 2 rings (SSSR count). The van der Waals surface area contributed by atoms with Crippen molar-refractivity contribution in [2.75, 3.05) is 13.7 Å². The minimum Gasteiger partial charge on any atom is -0.476 e. The number of rotatable bonds is 6. The Morgan fingerprint density at radius 3 is 2.95 bits per heavy atom. The lowest BCUT2D eigenvalue weighted by molar-refractivity contribution is 0.0688. The van der Waals surface area contributed by atoms with E-state index in [9.17, 15) is 9.18 Å². The van der Waals surface area contributed by atoms with E-state index in [1.807, 2.05) is 0 Å². The van der Waals surface area contributed by atoms with Crippen LogP contribution in [-0.4, -0.2) is 44.8 Å². The maximum absolute atomic E-state index is 13.1. The molecule has 0 aliphatic heterocycles. The van der Waals surface area contributed by atoms with Crippen LogP contribution in [0, 0.1) is 5.82 Å². The largest absolute Gasteiger partial charge is 0.476 e. The molecule has 0 bridgehead atoms. The number of nitrogens with zero attached hydrogens (tertiary/aromatic N) is 4. The summed E-state index contributed by atoms with van der Waals surface area (Å²) in [5.41, 5.74) is 0.889. The fourth-order valence-electron chi connectivity index (χ4n) is 1.79. The van der Waals surface area contributed by atoms with Gasteiger partial charge in [0.25, 0.3) is 0 Å². The van der Waals surface area contributed by atoms with Gasteiger partial charge in [0.2, 0.25) is 0 Å². The van der Waals surface area contributed by atoms with E-state index in [1.54, 1.807) is 0 Å². The van der Waals surface area contributed by atoms with Gasteiger partial charge in [-0.1, -0.05) is 5.21 Å². The average Bonchev–Trinajstić information content (AvgIpc) is 2.79. The summed E-state index contributed by atoms with van der Waals surface area (Å²) in [6.07, 6.45) is 2.94. The Morgan fingerprint density at radius 2 is 2.30 bits per heavy atom. The highest BCUT2D eigenvalue weighted by Crippen LogP contribution is 2.10. The monoisotopic (exact) mass is 280 g/mol. The molecule has 2 aromatic rings. The van der Waals surface area contributed by atoms with Crippen LogP contribution in [0.5, 0.6) is 0 Å². The quantitative estimate of drug-likeness (QED) is 0.839. The smallest absolute Gasteiger partial charge is 0.358 e. The molecule has 0 unspecified atom stereocenters. The predicted octanol–water partition coefficient (Wildman–Crippen LogP) is 0.748. The highest BCUT2D eigenvalue weighted by Gasteiger charge is 2.18. The molecule has 0 fully saturated rings. The zero-order valence-electron chi connectivity index (χ0n) is 10.8. The van der Waals surface area contributed by atoms with Gasteiger partial charge in [-0.2, -0.15) is 0 Å². The number of carbonyl (C=O) groups is 1. The molecule has 1 N–H and O–H groups in total. The summed E-state index contributed by atoms with van der Waals surface area (Å²) in [6, 6.07) is 1.31. The molecule has 0 aliphatic rings. The number of ether oxygens (including phenoxy) is 1. The zero-order valence-corrected chi connectivity index (χ0v) is 10.8. The van der Waals surface area contributed by atoms with Crippen LogP contribution in [-0.2, 0) is 17.7 Å². The summed E-state index contributed by atoms with van der Waals surface area (Å²) in [5.74, 6) is -1.61. The number of pyridine rings is 1. The lowest BCUT2D eigenvalue weighted by Gasteiger charge is -2.06. The highest BCUT2D eigenvalue weighted by molar-refractivity contribution is 5.86. The molecule has 0 saturated carbocycles. The fourth-order valence-corrected chi connectivity index (χ4v) is 1.79. The Hall–Kier alpha value is -2.35. The molecular formula is C12H13FN4O3. The van der Waals surface area contributed by atoms with Crippen LogP contribution in [0.4, 0.5) is 4.39 Å². The number of carboxylic acids is 1. The topological polar surface area (TPSA) is 90.1 Å². The molecule has 0 atom stereocenters. The van der Waals surface area contributed by atoms with Gasteiger partial charge in [0.15, 0.2) is 5.69 Å². The second kappa shape index (κ2) is 6.20. The van der Waals surface area contributed by atoms with Crippen molar-refractivity contribution in [3.05, 3.63) is 41.2 Å². The Kier molecular flexibility index (Phi) is 4.36. The zero-order chi connectivity index (χ0) is 14.5. The van der Waals surface area contributed by atoms with Crippen molar-refractivity contribution >= 4 is 5.97 Å². The molecule has 2 aromatic heterocycles. The van der Waals surface area contributed by atoms with E-state index in [0.29, 0.717) is 24.3 Å². The Labute approximate surface area is 114 Å². The Balaban J connectivity index is 2.28. The standard InChI is InChI=1S/C12H13FN4O3/c1-20-3-2-10-11(12(18)19)15-16-17(10)7-8-4-9(13)6-14-5-8/h4-6H,2-3,7H2,1H3,(H,18,19). The van der Waals surface area contributed by atoms with Crippen molar-refractivity contribution in [2.24, 2.45) is 0 Å². The van der Waals surface area contributed by atoms with E-state index in [4.69, 9.17) is 9.84 Å². The molecule has 2 heterocycles. The summed E-state index contributed by atoms with van der Waals surface area (Å²) in [7, 11) is 1.52. The maximum Gasteiger partial charge on any atom is 0.358 e. The third kappa shape index (κ3) is 3.15. The van der Waals surface area contributed by atoms with Gasteiger partial charge in [-0.05, 0) is 11.6 Å². The van der Waals surface area contributed by atoms with Crippen molar-refractivity contribution in [2.45, 2.75) is 13.0 Å². The van der Waals surface area contributed by atoms with Gasteiger partial charge in [-0.25, -0.2) is 13.9 Å². The van der Waals surface area contributed by atoms with Crippen molar-refractivity contribution in [3.63, 3.8) is 0 Å². The van der Waals surface area contributed by atoms with Gasteiger partial charge in [0.1, 0.15) is 5.82 Å². The second-order valence-electron chi connectivity index (χ2n) is 4.10. The van der Waals surface area contributed by atoms with Gasteiger partial charge in [-0.15, -0.1) is 5.10 Å². The molecule has 8 heteroatoms. The molecule has 0 spiro atoms. The van der Waals surface area contributed by atoms with Crippen molar-refractivity contribution in [1.29, 1.82) is 0 Å². The first kappa shape index (κ1) is 14.1. The van der Waals surface area contributed by atoms with Crippen LogP contribution in [0.1, 0.15) is 21.7 Å². The average molecular weight is 280 g/mol. The highest BCUT2D eigenvalue weighted by atomic mass is 19.1. The van der Waals surface area contributed by atoms with Crippen LogP contribution in [0.3, 0.4) is 0 Å². The Morgan fingerprint density at radius 1 is 1.50 bits per heavy atom. The van der Waals surface area contributed by atoms with E-state index in [1.165, 1.54) is 24.1 Å². The van der Waals surface area contributed by atoms with Gasteiger partial charge in [-0.3, -0.25) is 4.98 Å². The number of aromatic carboxylic acids is 1. The van der Waals surface area contributed by atoms with E-state index >= 15 is 0 Å². The number of methoxy groups -OCH3 is 1. The molecular weight excluding hydrogens is 267 g/mol. The number of halogens is 1.